The minimum atomic E-state index is -1.64. The molecule has 0 bridgehead atoms. The van der Waals surface area contributed by atoms with Crippen molar-refractivity contribution < 1.29 is 38.4 Å². The zero-order chi connectivity index (χ0) is 29.0. The topological polar surface area (TPSA) is 275 Å². The van der Waals surface area contributed by atoms with E-state index in [1.54, 1.807) is 13.8 Å². The van der Waals surface area contributed by atoms with Crippen LogP contribution in [0.4, 0.5) is 0 Å². The molecule has 11 N–H and O–H groups in total. The molecular formula is C22H36N8O8. The van der Waals surface area contributed by atoms with E-state index in [0.717, 1.165) is 0 Å². The van der Waals surface area contributed by atoms with Crippen molar-refractivity contribution in [2.75, 3.05) is 6.54 Å². The quantitative estimate of drug-likeness (QED) is 0.148. The maximum Gasteiger partial charge on any atom is 0.243 e. The second kappa shape index (κ2) is 15.1. The zero-order valence-electron chi connectivity index (χ0n) is 21.3. The fraction of sp³-hybridized carbons (Fsp3) is 0.636. The van der Waals surface area contributed by atoms with Gasteiger partial charge in [0.05, 0.1) is 19.3 Å². The van der Waals surface area contributed by atoms with Gasteiger partial charge >= 0.3 is 0 Å². The molecule has 1 aliphatic rings. The number of rotatable bonds is 8. The number of carbonyl (C=O) groups is 8. The van der Waals surface area contributed by atoms with Crippen LogP contribution in [0.1, 0.15) is 52.4 Å². The van der Waals surface area contributed by atoms with Crippen LogP contribution in [0.15, 0.2) is 0 Å². The highest BCUT2D eigenvalue weighted by Gasteiger charge is 2.34. The van der Waals surface area contributed by atoms with Gasteiger partial charge in [0.1, 0.15) is 24.2 Å². The van der Waals surface area contributed by atoms with Crippen LogP contribution in [0.5, 0.6) is 0 Å². The van der Waals surface area contributed by atoms with Gasteiger partial charge in [-0.1, -0.05) is 20.3 Å². The lowest BCUT2D eigenvalue weighted by Gasteiger charge is -2.27. The van der Waals surface area contributed by atoms with Crippen LogP contribution in [-0.4, -0.2) is 78.0 Å². The first kappa shape index (κ1) is 31.8. The summed E-state index contributed by atoms with van der Waals surface area (Å²) in [5, 5.41) is 11.9. The van der Waals surface area contributed by atoms with Crippen molar-refractivity contribution in [3.05, 3.63) is 0 Å². The van der Waals surface area contributed by atoms with Crippen LogP contribution in [0.25, 0.3) is 0 Å². The fourth-order valence-corrected chi connectivity index (χ4v) is 3.57. The summed E-state index contributed by atoms with van der Waals surface area (Å²) in [5.41, 5.74) is 15.6. The molecule has 1 heterocycles. The number of nitrogens with one attached hydrogen (secondary N) is 5. The van der Waals surface area contributed by atoms with Crippen molar-refractivity contribution in [3.8, 4) is 0 Å². The third-order valence-electron chi connectivity index (χ3n) is 5.81. The summed E-state index contributed by atoms with van der Waals surface area (Å²) in [5.74, 6) is -7.46. The van der Waals surface area contributed by atoms with E-state index < -0.39 is 90.7 Å². The Morgan fingerprint density at radius 3 is 1.58 bits per heavy atom. The van der Waals surface area contributed by atoms with Gasteiger partial charge in [-0.05, 0) is 12.3 Å². The molecule has 1 unspecified atom stereocenters. The van der Waals surface area contributed by atoms with Gasteiger partial charge in [-0.15, -0.1) is 0 Å². The molecule has 5 atom stereocenters. The van der Waals surface area contributed by atoms with Crippen LogP contribution in [-0.2, 0) is 38.4 Å². The Labute approximate surface area is 218 Å². The second-order valence-electron chi connectivity index (χ2n) is 9.02. The molecule has 0 aromatic carbocycles. The first-order valence-corrected chi connectivity index (χ1v) is 12.1. The zero-order valence-corrected chi connectivity index (χ0v) is 21.3. The van der Waals surface area contributed by atoms with Gasteiger partial charge < -0.3 is 43.8 Å². The predicted molar refractivity (Wildman–Crippen MR) is 131 cm³/mol. The SMILES string of the molecule is CC[C@H](C)[C@@H]1NC(=O)CCCNC(=O)[C@H](CC(N)=O)NC(=O)[C@H](CC(N)=O)NC(=O)C(CC(N)=O)NC1=O. The largest absolute Gasteiger partial charge is 0.370 e. The summed E-state index contributed by atoms with van der Waals surface area (Å²) >= 11 is 0. The van der Waals surface area contributed by atoms with Crippen molar-refractivity contribution in [1.82, 2.24) is 26.6 Å². The monoisotopic (exact) mass is 540 g/mol. The summed E-state index contributed by atoms with van der Waals surface area (Å²) < 4.78 is 0. The summed E-state index contributed by atoms with van der Waals surface area (Å²) in [6.07, 6.45) is -1.45. The van der Waals surface area contributed by atoms with Crippen molar-refractivity contribution in [1.29, 1.82) is 0 Å². The first-order valence-electron chi connectivity index (χ1n) is 12.1. The normalized spacial score (nSPS) is 24.9. The van der Waals surface area contributed by atoms with E-state index in [1.807, 2.05) is 0 Å². The Hall–Kier alpha value is -4.24. The van der Waals surface area contributed by atoms with Crippen LogP contribution in [0.3, 0.4) is 0 Å². The van der Waals surface area contributed by atoms with Crippen LogP contribution in [0.2, 0.25) is 0 Å². The van der Waals surface area contributed by atoms with E-state index in [0.29, 0.717) is 6.42 Å². The van der Waals surface area contributed by atoms with E-state index in [-0.39, 0.29) is 25.3 Å². The molecule has 1 fully saturated rings. The number of amides is 8. The second-order valence-corrected chi connectivity index (χ2v) is 9.02. The Balaban J connectivity index is 3.42. The molecule has 0 radical (unpaired) electrons. The molecule has 1 aliphatic heterocycles. The number of nitrogens with two attached hydrogens (primary N) is 3. The van der Waals surface area contributed by atoms with Gasteiger partial charge in [0.2, 0.25) is 47.3 Å². The minimum Gasteiger partial charge on any atom is -0.370 e. The Bertz CT molecular complexity index is 956. The summed E-state index contributed by atoms with van der Waals surface area (Å²) in [6, 6.07) is -5.76. The third kappa shape index (κ3) is 10.8. The van der Waals surface area contributed by atoms with E-state index in [9.17, 15) is 38.4 Å². The Morgan fingerprint density at radius 1 is 0.737 bits per heavy atom. The standard InChI is InChI=1S/C22H36N8O8/c1-3-10(2)18-22(38)29-13(9-16(25)33)21(37)28-12(8-15(24)32)20(36)27-11(7-14(23)31)19(35)26-6-4-5-17(34)30-18/h10-13,18H,3-9H2,1-2H3,(H2,23,31)(H2,24,32)(H2,25,33)(H,26,35)(H,27,36)(H,28,37)(H,29,38)(H,30,34)/t10-,11-,12-,13?,18-/m0/s1. The number of primary amides is 3. The predicted octanol–water partition coefficient (Wildman–Crippen LogP) is -4.49. The average molecular weight is 541 g/mol. The summed E-state index contributed by atoms with van der Waals surface area (Å²) in [4.78, 5) is 98.7. The van der Waals surface area contributed by atoms with Crippen molar-refractivity contribution in [2.45, 2.75) is 76.5 Å². The lowest BCUT2D eigenvalue weighted by atomic mass is 9.97. The lowest BCUT2D eigenvalue weighted by molar-refractivity contribution is -0.137. The summed E-state index contributed by atoms with van der Waals surface area (Å²) in [7, 11) is 0. The molecule has 0 spiro atoms. The molecule has 212 valence electrons. The highest BCUT2D eigenvalue weighted by atomic mass is 16.2. The fourth-order valence-electron chi connectivity index (χ4n) is 3.57. The van der Waals surface area contributed by atoms with Gasteiger partial charge in [-0.3, -0.25) is 38.4 Å². The molecule has 16 nitrogen and oxygen atoms in total. The Kier molecular flexibility index (Phi) is 12.6. The molecular weight excluding hydrogens is 504 g/mol. The van der Waals surface area contributed by atoms with Crippen LogP contribution >= 0.6 is 0 Å². The van der Waals surface area contributed by atoms with Gasteiger partial charge in [0, 0.05) is 13.0 Å². The highest BCUT2D eigenvalue weighted by molar-refractivity contribution is 5.99. The lowest BCUT2D eigenvalue weighted by Crippen LogP contribution is -2.60. The van der Waals surface area contributed by atoms with E-state index in [1.165, 1.54) is 0 Å². The average Bonchev–Trinajstić information content (AvgIpc) is 2.81. The van der Waals surface area contributed by atoms with Gasteiger partial charge in [-0.25, -0.2) is 0 Å². The van der Waals surface area contributed by atoms with Crippen molar-refractivity contribution in [2.24, 2.45) is 23.1 Å². The molecule has 0 saturated carbocycles. The number of hydrogen-bond donors (Lipinski definition) is 8. The van der Waals surface area contributed by atoms with Gasteiger partial charge in [-0.2, -0.15) is 0 Å². The number of hydrogen-bond acceptors (Lipinski definition) is 8. The van der Waals surface area contributed by atoms with Crippen LogP contribution in [0, 0.1) is 5.92 Å². The Morgan fingerprint density at radius 2 is 1.16 bits per heavy atom. The maximum absolute atomic E-state index is 13.0. The van der Waals surface area contributed by atoms with E-state index in [4.69, 9.17) is 17.2 Å². The molecule has 1 saturated heterocycles. The third-order valence-corrected chi connectivity index (χ3v) is 5.81. The molecule has 0 aromatic heterocycles. The summed E-state index contributed by atoms with van der Waals surface area (Å²) in [6.45, 7) is 3.47. The van der Waals surface area contributed by atoms with Gasteiger partial charge in [0.15, 0.2) is 0 Å². The minimum absolute atomic E-state index is 0.0142. The number of carbonyl (C=O) groups excluding carboxylic acids is 8. The molecule has 0 aliphatic carbocycles. The first-order chi connectivity index (χ1) is 17.7. The molecule has 0 aromatic rings. The molecule has 16 heteroatoms. The highest BCUT2D eigenvalue weighted by Crippen LogP contribution is 2.10. The molecule has 8 amide bonds. The van der Waals surface area contributed by atoms with Crippen molar-refractivity contribution in [3.63, 3.8) is 0 Å². The van der Waals surface area contributed by atoms with Gasteiger partial charge in [0.25, 0.3) is 0 Å². The molecule has 38 heavy (non-hydrogen) atoms. The van der Waals surface area contributed by atoms with Crippen LogP contribution < -0.4 is 43.8 Å². The van der Waals surface area contributed by atoms with E-state index in [2.05, 4.69) is 26.6 Å². The van der Waals surface area contributed by atoms with E-state index >= 15 is 0 Å². The smallest absolute Gasteiger partial charge is 0.243 e. The van der Waals surface area contributed by atoms with Crippen molar-refractivity contribution >= 4 is 47.3 Å². The maximum atomic E-state index is 13.0. The molecule has 1 rings (SSSR count).